The molecule has 0 aromatic carbocycles. The lowest BCUT2D eigenvalue weighted by Gasteiger charge is -2.06. The van der Waals surface area contributed by atoms with Gasteiger partial charge in [0.25, 0.3) is 0 Å². The Bertz CT molecular complexity index is 322. The Hall–Kier alpha value is -1.43. The molecule has 0 radical (unpaired) electrons. The van der Waals surface area contributed by atoms with Crippen LogP contribution in [0.5, 0.6) is 0 Å². The van der Waals surface area contributed by atoms with Crippen LogP contribution < -0.4 is 0 Å². The van der Waals surface area contributed by atoms with Gasteiger partial charge in [-0.25, -0.2) is 4.68 Å². The molecule has 6 nitrogen and oxygen atoms in total. The molecule has 1 N–H and O–H groups in total. The van der Waals surface area contributed by atoms with E-state index >= 15 is 0 Å². The Morgan fingerprint density at radius 1 is 1.67 bits per heavy atom. The number of hydrogen-bond acceptors (Lipinski definition) is 4. The zero-order valence-corrected chi connectivity index (χ0v) is 8.88. The van der Waals surface area contributed by atoms with E-state index in [9.17, 15) is 4.79 Å². The summed E-state index contributed by atoms with van der Waals surface area (Å²) in [5, 5.41) is 16.0. The van der Waals surface area contributed by atoms with Crippen LogP contribution in [0.4, 0.5) is 0 Å². The van der Waals surface area contributed by atoms with Crippen molar-refractivity contribution in [1.29, 1.82) is 0 Å². The van der Waals surface area contributed by atoms with E-state index in [1.54, 1.807) is 10.9 Å². The minimum atomic E-state index is -0.902. The SMILES string of the molecule is CC(C)OCCn1cc(CC(=O)O)nn1. The Labute approximate surface area is 87.9 Å². The van der Waals surface area contributed by atoms with Crippen LogP contribution in [0, 0.1) is 0 Å². The number of rotatable bonds is 6. The van der Waals surface area contributed by atoms with E-state index < -0.39 is 5.97 Å². The van der Waals surface area contributed by atoms with Crippen LogP contribution >= 0.6 is 0 Å². The first kappa shape index (κ1) is 11.6. The van der Waals surface area contributed by atoms with Crippen molar-refractivity contribution in [3.05, 3.63) is 11.9 Å². The molecule has 0 unspecified atom stereocenters. The van der Waals surface area contributed by atoms with Gasteiger partial charge >= 0.3 is 5.97 Å². The minimum Gasteiger partial charge on any atom is -0.481 e. The molecule has 0 saturated heterocycles. The summed E-state index contributed by atoms with van der Waals surface area (Å²) in [5.41, 5.74) is 0.465. The van der Waals surface area contributed by atoms with Gasteiger partial charge in [0.05, 0.1) is 31.4 Å². The summed E-state index contributed by atoms with van der Waals surface area (Å²) in [6.45, 7) is 5.05. The highest BCUT2D eigenvalue weighted by atomic mass is 16.5. The summed E-state index contributed by atoms with van der Waals surface area (Å²) in [6, 6.07) is 0. The summed E-state index contributed by atoms with van der Waals surface area (Å²) >= 11 is 0. The highest BCUT2D eigenvalue weighted by molar-refractivity contribution is 5.69. The second-order valence-corrected chi connectivity index (χ2v) is 3.46. The van der Waals surface area contributed by atoms with Crippen molar-refractivity contribution in [3.8, 4) is 0 Å². The monoisotopic (exact) mass is 213 g/mol. The summed E-state index contributed by atoms with van der Waals surface area (Å²) < 4.78 is 6.92. The number of carboxylic acids is 1. The van der Waals surface area contributed by atoms with Crippen molar-refractivity contribution in [2.24, 2.45) is 0 Å². The second-order valence-electron chi connectivity index (χ2n) is 3.46. The van der Waals surface area contributed by atoms with Crippen molar-refractivity contribution in [1.82, 2.24) is 15.0 Å². The predicted octanol–water partition coefficient (Wildman–Crippen LogP) is 0.330. The minimum absolute atomic E-state index is 0.0922. The fourth-order valence-corrected chi connectivity index (χ4v) is 1.07. The summed E-state index contributed by atoms with van der Waals surface area (Å²) in [6.07, 6.45) is 1.72. The van der Waals surface area contributed by atoms with Gasteiger partial charge in [-0.05, 0) is 13.8 Å². The quantitative estimate of drug-likeness (QED) is 0.736. The van der Waals surface area contributed by atoms with Crippen molar-refractivity contribution < 1.29 is 14.6 Å². The molecule has 0 fully saturated rings. The van der Waals surface area contributed by atoms with Gasteiger partial charge in [-0.3, -0.25) is 4.79 Å². The Morgan fingerprint density at radius 2 is 2.40 bits per heavy atom. The zero-order valence-electron chi connectivity index (χ0n) is 8.88. The van der Waals surface area contributed by atoms with E-state index in [0.29, 0.717) is 18.8 Å². The normalized spacial score (nSPS) is 10.9. The molecule has 1 rings (SSSR count). The third kappa shape index (κ3) is 4.55. The molecule has 1 aromatic heterocycles. The van der Waals surface area contributed by atoms with E-state index in [1.807, 2.05) is 13.8 Å². The lowest BCUT2D eigenvalue weighted by atomic mass is 10.3. The lowest BCUT2D eigenvalue weighted by molar-refractivity contribution is -0.136. The molecule has 0 spiro atoms. The van der Waals surface area contributed by atoms with E-state index in [4.69, 9.17) is 9.84 Å². The topological polar surface area (TPSA) is 77.2 Å². The van der Waals surface area contributed by atoms with Gasteiger partial charge in [-0.2, -0.15) is 0 Å². The molecule has 0 amide bonds. The van der Waals surface area contributed by atoms with Crippen LogP contribution in [-0.2, 0) is 22.5 Å². The highest BCUT2D eigenvalue weighted by Crippen LogP contribution is 1.95. The Kier molecular flexibility index (Phi) is 4.23. The standard InChI is InChI=1S/C9H15N3O3/c1-7(2)15-4-3-12-6-8(10-11-12)5-9(13)14/h6-7H,3-5H2,1-2H3,(H,13,14). The fourth-order valence-electron chi connectivity index (χ4n) is 1.07. The zero-order chi connectivity index (χ0) is 11.3. The van der Waals surface area contributed by atoms with Crippen LogP contribution in [0.1, 0.15) is 19.5 Å². The molecule has 0 aliphatic rings. The summed E-state index contributed by atoms with van der Waals surface area (Å²) in [7, 11) is 0. The molecule has 6 heteroatoms. The molecular weight excluding hydrogens is 198 g/mol. The summed E-state index contributed by atoms with van der Waals surface area (Å²) in [4.78, 5) is 10.4. The van der Waals surface area contributed by atoms with Crippen LogP contribution in [-0.4, -0.2) is 38.8 Å². The molecule has 0 atom stereocenters. The average Bonchev–Trinajstić information content (AvgIpc) is 2.50. The number of carbonyl (C=O) groups is 1. The molecule has 0 aliphatic carbocycles. The van der Waals surface area contributed by atoms with Crippen molar-refractivity contribution >= 4 is 5.97 Å². The first-order chi connectivity index (χ1) is 7.08. The number of ether oxygens (including phenoxy) is 1. The number of aliphatic carboxylic acids is 1. The summed E-state index contributed by atoms with van der Waals surface area (Å²) in [5.74, 6) is -0.902. The molecule has 15 heavy (non-hydrogen) atoms. The first-order valence-corrected chi connectivity index (χ1v) is 4.80. The van der Waals surface area contributed by atoms with Gasteiger partial charge in [-0.15, -0.1) is 5.10 Å². The van der Waals surface area contributed by atoms with Gasteiger partial charge in [0.15, 0.2) is 0 Å². The smallest absolute Gasteiger partial charge is 0.309 e. The molecule has 0 saturated carbocycles. The van der Waals surface area contributed by atoms with Crippen molar-refractivity contribution in [2.75, 3.05) is 6.61 Å². The number of carboxylic acid groups (broad SMARTS) is 1. The van der Waals surface area contributed by atoms with Gasteiger partial charge in [0.1, 0.15) is 0 Å². The van der Waals surface area contributed by atoms with Gasteiger partial charge in [-0.1, -0.05) is 5.21 Å². The molecule has 0 aliphatic heterocycles. The lowest BCUT2D eigenvalue weighted by Crippen LogP contribution is -2.10. The molecule has 0 bridgehead atoms. The Balaban J connectivity index is 2.36. The van der Waals surface area contributed by atoms with E-state index in [1.165, 1.54) is 0 Å². The maximum absolute atomic E-state index is 10.4. The molecular formula is C9H15N3O3. The molecule has 1 aromatic rings. The van der Waals surface area contributed by atoms with E-state index in [-0.39, 0.29) is 12.5 Å². The van der Waals surface area contributed by atoms with Gasteiger partial charge in [0.2, 0.25) is 0 Å². The molecule has 84 valence electrons. The van der Waals surface area contributed by atoms with E-state index in [0.717, 1.165) is 0 Å². The van der Waals surface area contributed by atoms with E-state index in [2.05, 4.69) is 10.3 Å². The maximum Gasteiger partial charge on any atom is 0.309 e. The van der Waals surface area contributed by atoms with Crippen LogP contribution in [0.2, 0.25) is 0 Å². The first-order valence-electron chi connectivity index (χ1n) is 4.80. The highest BCUT2D eigenvalue weighted by Gasteiger charge is 2.05. The maximum atomic E-state index is 10.4. The Morgan fingerprint density at radius 3 is 3.00 bits per heavy atom. The van der Waals surface area contributed by atoms with Gasteiger partial charge < -0.3 is 9.84 Å². The average molecular weight is 213 g/mol. The van der Waals surface area contributed by atoms with Gasteiger partial charge in [0, 0.05) is 6.20 Å². The third-order valence-electron chi connectivity index (χ3n) is 1.69. The fraction of sp³-hybridized carbons (Fsp3) is 0.667. The number of aromatic nitrogens is 3. The molecule has 1 heterocycles. The van der Waals surface area contributed by atoms with Crippen molar-refractivity contribution in [3.63, 3.8) is 0 Å². The van der Waals surface area contributed by atoms with Crippen LogP contribution in [0.3, 0.4) is 0 Å². The predicted molar refractivity (Wildman–Crippen MR) is 52.4 cm³/mol. The van der Waals surface area contributed by atoms with Crippen LogP contribution in [0.25, 0.3) is 0 Å². The second kappa shape index (κ2) is 5.45. The van der Waals surface area contributed by atoms with Crippen molar-refractivity contribution in [2.45, 2.75) is 32.9 Å². The number of hydrogen-bond donors (Lipinski definition) is 1. The third-order valence-corrected chi connectivity index (χ3v) is 1.69. The largest absolute Gasteiger partial charge is 0.481 e. The number of nitrogens with zero attached hydrogens (tertiary/aromatic N) is 3. The van der Waals surface area contributed by atoms with Crippen LogP contribution in [0.15, 0.2) is 6.20 Å².